The number of hydroxylamine groups is 2. The standard InChI is InChI=1S/C24H31N3O8S/c1-24(2,3)35-21(28)14-18(23(30)27(4)33-5)26-36(31,32)20-12-11-17(22(25)29)13-19(20)34-15-16-9-7-6-8-10-16/h6-13,18,26H,14-15H2,1-5H3,(H2,25,29). The minimum Gasteiger partial charge on any atom is -0.487 e. The van der Waals surface area contributed by atoms with Gasteiger partial charge in [-0.25, -0.2) is 13.5 Å². The highest BCUT2D eigenvalue weighted by atomic mass is 32.2. The third-order valence-electron chi connectivity index (χ3n) is 4.73. The summed E-state index contributed by atoms with van der Waals surface area (Å²) in [5.74, 6) is -2.56. The molecule has 0 aromatic heterocycles. The zero-order valence-corrected chi connectivity index (χ0v) is 21.6. The third kappa shape index (κ3) is 8.33. The van der Waals surface area contributed by atoms with Crippen LogP contribution in [0.4, 0.5) is 0 Å². The lowest BCUT2D eigenvalue weighted by molar-refractivity contribution is -0.173. The summed E-state index contributed by atoms with van der Waals surface area (Å²) in [4.78, 5) is 41.4. The second kappa shape index (κ2) is 12.0. The summed E-state index contributed by atoms with van der Waals surface area (Å²) in [6.45, 7) is 4.93. The number of rotatable bonds is 11. The van der Waals surface area contributed by atoms with Crippen LogP contribution in [0.5, 0.6) is 5.75 Å². The second-order valence-corrected chi connectivity index (χ2v) is 10.5. The Bertz CT molecular complexity index is 1190. The molecule has 0 aliphatic rings. The van der Waals surface area contributed by atoms with Crippen molar-refractivity contribution in [2.75, 3.05) is 14.2 Å². The fourth-order valence-corrected chi connectivity index (χ4v) is 4.34. The predicted octanol–water partition coefficient (Wildman–Crippen LogP) is 1.76. The van der Waals surface area contributed by atoms with E-state index in [0.29, 0.717) is 0 Å². The van der Waals surface area contributed by atoms with Crippen LogP contribution in [0.3, 0.4) is 0 Å². The van der Waals surface area contributed by atoms with E-state index in [9.17, 15) is 22.8 Å². The molecule has 0 heterocycles. The highest BCUT2D eigenvalue weighted by Crippen LogP contribution is 2.27. The van der Waals surface area contributed by atoms with Crippen molar-refractivity contribution < 1.29 is 37.1 Å². The van der Waals surface area contributed by atoms with Crippen LogP contribution >= 0.6 is 0 Å². The van der Waals surface area contributed by atoms with Gasteiger partial charge in [-0.05, 0) is 44.5 Å². The minimum atomic E-state index is -4.45. The summed E-state index contributed by atoms with van der Waals surface area (Å²) >= 11 is 0. The van der Waals surface area contributed by atoms with Crippen LogP contribution in [0.1, 0.15) is 43.1 Å². The largest absolute Gasteiger partial charge is 0.487 e. The molecule has 2 aromatic carbocycles. The van der Waals surface area contributed by atoms with Crippen molar-refractivity contribution in [1.82, 2.24) is 9.79 Å². The monoisotopic (exact) mass is 521 g/mol. The van der Waals surface area contributed by atoms with E-state index in [-0.39, 0.29) is 22.8 Å². The first-order chi connectivity index (χ1) is 16.7. The second-order valence-electron chi connectivity index (χ2n) is 8.78. The number of nitrogens with zero attached hydrogens (tertiary/aromatic N) is 1. The molecule has 2 amide bonds. The molecule has 11 nitrogen and oxygen atoms in total. The molecule has 2 rings (SSSR count). The van der Waals surface area contributed by atoms with Gasteiger partial charge in [0.15, 0.2) is 0 Å². The first-order valence-corrected chi connectivity index (χ1v) is 12.4. The summed E-state index contributed by atoms with van der Waals surface area (Å²) in [7, 11) is -1.96. The lowest BCUT2D eigenvalue weighted by Gasteiger charge is -2.25. The number of carbonyl (C=O) groups is 3. The molecule has 0 saturated heterocycles. The fraction of sp³-hybridized carbons (Fsp3) is 0.375. The lowest BCUT2D eigenvalue weighted by Crippen LogP contribution is -2.48. The first kappa shape index (κ1) is 28.8. The molecule has 0 radical (unpaired) electrons. The van der Waals surface area contributed by atoms with E-state index in [2.05, 4.69) is 4.72 Å². The number of ether oxygens (including phenoxy) is 2. The van der Waals surface area contributed by atoms with Crippen molar-refractivity contribution in [3.63, 3.8) is 0 Å². The van der Waals surface area contributed by atoms with Crippen LogP contribution in [0, 0.1) is 0 Å². The smallest absolute Gasteiger partial charge is 0.308 e. The maximum absolute atomic E-state index is 13.4. The summed E-state index contributed by atoms with van der Waals surface area (Å²) in [5, 5.41) is 0.792. The number of likely N-dealkylation sites (N-methyl/N-ethyl adjacent to an activating group) is 1. The molecule has 1 atom stereocenters. The topological polar surface area (TPSA) is 154 Å². The summed E-state index contributed by atoms with van der Waals surface area (Å²) < 4.78 is 39.9. The Hall–Kier alpha value is -3.48. The zero-order chi connectivity index (χ0) is 27.1. The summed E-state index contributed by atoms with van der Waals surface area (Å²) in [6.07, 6.45) is -0.595. The number of sulfonamides is 1. The Balaban J connectivity index is 2.41. The minimum absolute atomic E-state index is 0.00173. The van der Waals surface area contributed by atoms with Crippen molar-refractivity contribution >= 4 is 27.8 Å². The summed E-state index contributed by atoms with van der Waals surface area (Å²) in [6, 6.07) is 11.0. The van der Waals surface area contributed by atoms with E-state index in [1.54, 1.807) is 45.0 Å². The molecule has 36 heavy (non-hydrogen) atoms. The van der Waals surface area contributed by atoms with Gasteiger partial charge in [-0.15, -0.1) is 0 Å². The van der Waals surface area contributed by atoms with Crippen molar-refractivity contribution in [2.45, 2.75) is 50.3 Å². The maximum atomic E-state index is 13.4. The Kier molecular flexibility index (Phi) is 9.56. The molecule has 2 aromatic rings. The molecular weight excluding hydrogens is 490 g/mol. The van der Waals surface area contributed by atoms with Gasteiger partial charge >= 0.3 is 5.97 Å². The molecule has 12 heteroatoms. The van der Waals surface area contributed by atoms with Crippen molar-refractivity contribution in [2.24, 2.45) is 5.73 Å². The van der Waals surface area contributed by atoms with Crippen LogP contribution in [-0.4, -0.2) is 57.1 Å². The number of benzene rings is 2. The van der Waals surface area contributed by atoms with Gasteiger partial charge in [-0.1, -0.05) is 30.3 Å². The zero-order valence-electron chi connectivity index (χ0n) is 20.8. The molecule has 0 spiro atoms. The van der Waals surface area contributed by atoms with Gasteiger partial charge in [0.1, 0.15) is 28.9 Å². The SMILES string of the molecule is CON(C)C(=O)C(CC(=O)OC(C)(C)C)NS(=O)(=O)c1ccc(C(N)=O)cc1OCc1ccccc1. The lowest BCUT2D eigenvalue weighted by atomic mass is 10.1. The van der Waals surface area contributed by atoms with E-state index in [1.807, 2.05) is 6.07 Å². The average molecular weight is 522 g/mol. The van der Waals surface area contributed by atoms with Crippen LogP contribution < -0.4 is 15.2 Å². The Morgan fingerprint density at radius 3 is 2.28 bits per heavy atom. The van der Waals surface area contributed by atoms with Gasteiger partial charge in [-0.2, -0.15) is 4.72 Å². The number of esters is 1. The predicted molar refractivity (Wildman–Crippen MR) is 130 cm³/mol. The number of hydrogen-bond acceptors (Lipinski definition) is 8. The molecule has 196 valence electrons. The third-order valence-corrected chi connectivity index (χ3v) is 6.24. The molecular formula is C24H31N3O8S. The first-order valence-electron chi connectivity index (χ1n) is 10.9. The number of nitrogens with two attached hydrogens (primary N) is 1. The van der Waals surface area contributed by atoms with E-state index < -0.39 is 45.9 Å². The molecule has 3 N–H and O–H groups in total. The molecule has 0 bridgehead atoms. The van der Waals surface area contributed by atoms with Crippen LogP contribution in [0.25, 0.3) is 0 Å². The molecule has 0 aliphatic carbocycles. The van der Waals surface area contributed by atoms with E-state index in [4.69, 9.17) is 20.0 Å². The number of primary amides is 1. The van der Waals surface area contributed by atoms with Crippen LogP contribution in [-0.2, 0) is 35.8 Å². The molecule has 0 fully saturated rings. The molecule has 0 saturated carbocycles. The Morgan fingerprint density at radius 1 is 1.08 bits per heavy atom. The quantitative estimate of drug-likeness (QED) is 0.335. The van der Waals surface area contributed by atoms with Crippen LogP contribution in [0.15, 0.2) is 53.4 Å². The van der Waals surface area contributed by atoms with Gasteiger partial charge in [0.25, 0.3) is 5.91 Å². The Morgan fingerprint density at radius 2 is 1.72 bits per heavy atom. The summed E-state index contributed by atoms with van der Waals surface area (Å²) in [5.41, 5.74) is 5.27. The normalized spacial score (nSPS) is 12.5. The van der Waals surface area contributed by atoms with Crippen LogP contribution in [0.2, 0.25) is 0 Å². The van der Waals surface area contributed by atoms with Gasteiger partial charge in [0.2, 0.25) is 15.9 Å². The van der Waals surface area contributed by atoms with Gasteiger partial charge in [0, 0.05) is 12.6 Å². The van der Waals surface area contributed by atoms with Gasteiger partial charge in [-0.3, -0.25) is 19.2 Å². The van der Waals surface area contributed by atoms with Crippen molar-refractivity contribution in [3.8, 4) is 5.75 Å². The molecule has 1 unspecified atom stereocenters. The van der Waals surface area contributed by atoms with Crippen molar-refractivity contribution in [3.05, 3.63) is 59.7 Å². The Labute approximate surface area is 210 Å². The fourth-order valence-electron chi connectivity index (χ4n) is 3.02. The number of amides is 2. The van der Waals surface area contributed by atoms with E-state index >= 15 is 0 Å². The average Bonchev–Trinajstić information content (AvgIpc) is 2.80. The highest BCUT2D eigenvalue weighted by molar-refractivity contribution is 7.89. The van der Waals surface area contributed by atoms with E-state index in [1.165, 1.54) is 26.3 Å². The number of hydrogen-bond donors (Lipinski definition) is 2. The maximum Gasteiger partial charge on any atom is 0.308 e. The van der Waals surface area contributed by atoms with E-state index in [0.717, 1.165) is 16.7 Å². The van der Waals surface area contributed by atoms with Crippen molar-refractivity contribution in [1.29, 1.82) is 0 Å². The van der Waals surface area contributed by atoms with Gasteiger partial charge in [0.05, 0.1) is 13.5 Å². The highest BCUT2D eigenvalue weighted by Gasteiger charge is 2.33. The van der Waals surface area contributed by atoms with Gasteiger partial charge < -0.3 is 15.2 Å². The molecule has 0 aliphatic heterocycles. The number of carbonyl (C=O) groups excluding carboxylic acids is 3. The number of nitrogens with one attached hydrogen (secondary N) is 1.